The molecule has 0 radical (unpaired) electrons. The second-order valence-corrected chi connectivity index (χ2v) is 15.4. The molecule has 7 rings (SSSR count). The number of methoxy groups -OCH3 is 1. The first-order chi connectivity index (χ1) is 27.6. The number of ether oxygens (including phenoxy) is 1. The lowest BCUT2D eigenvalue weighted by Crippen LogP contribution is -2.51. The van der Waals surface area contributed by atoms with Crippen LogP contribution in [0, 0.1) is 11.6 Å². The second-order valence-electron chi connectivity index (χ2n) is 15.4. The summed E-state index contributed by atoms with van der Waals surface area (Å²) in [6, 6.07) is 9.82. The molecule has 3 aliphatic rings. The summed E-state index contributed by atoms with van der Waals surface area (Å²) in [6.45, 7) is 1.99. The second kappa shape index (κ2) is 16.4. The van der Waals surface area contributed by atoms with Gasteiger partial charge in [-0.25, -0.2) is 13.6 Å². The van der Waals surface area contributed by atoms with Crippen molar-refractivity contribution >= 4 is 34.3 Å². The number of hydrogen-bond acceptors (Lipinski definition) is 7. The fourth-order valence-corrected chi connectivity index (χ4v) is 8.50. The van der Waals surface area contributed by atoms with Crippen molar-refractivity contribution < 1.29 is 41.1 Å². The Morgan fingerprint density at radius 2 is 1.66 bits per heavy atom. The highest BCUT2D eigenvalue weighted by atomic mass is 19.4. The Morgan fingerprint density at radius 3 is 2.33 bits per heavy atom. The lowest BCUT2D eigenvalue weighted by molar-refractivity contribution is -0.138. The monoisotopic (exact) mass is 808 g/mol. The van der Waals surface area contributed by atoms with Crippen LogP contribution in [0.1, 0.15) is 61.1 Å². The first-order valence-corrected chi connectivity index (χ1v) is 19.3. The SMILES string of the molecule is COc1cc(-c2cn(C)c(=O)c3ccc(F)cc23)cc(F)c1CN1CCC(N(C)C(=O)N2CCC(c3ccc(NC4CCC(=O)NC4=O)cc3C(F)(F)F)CC2)CC1. The Labute approximate surface area is 331 Å². The van der Waals surface area contributed by atoms with Crippen molar-refractivity contribution in [1.82, 2.24) is 24.6 Å². The number of pyridine rings is 1. The van der Waals surface area contributed by atoms with E-state index < -0.39 is 47.1 Å². The minimum Gasteiger partial charge on any atom is -0.496 e. The molecule has 0 aliphatic carbocycles. The van der Waals surface area contributed by atoms with Gasteiger partial charge in [-0.2, -0.15) is 13.2 Å². The number of anilines is 1. The Kier molecular flexibility index (Phi) is 11.5. The van der Waals surface area contributed by atoms with Crippen LogP contribution in [0.15, 0.2) is 59.5 Å². The highest BCUT2D eigenvalue weighted by Crippen LogP contribution is 2.41. The third kappa shape index (κ3) is 8.38. The molecule has 1 aromatic heterocycles. The van der Waals surface area contributed by atoms with Crippen molar-refractivity contribution in [2.45, 2.75) is 69.2 Å². The molecule has 58 heavy (non-hydrogen) atoms. The fraction of sp³-hybridized carbons (Fsp3) is 0.429. The number of carbonyl (C=O) groups excluding carboxylic acids is 3. The molecule has 3 aromatic carbocycles. The van der Waals surface area contributed by atoms with Gasteiger partial charge in [0, 0.05) is 87.7 Å². The number of likely N-dealkylation sites (tertiary alicyclic amines) is 2. The van der Waals surface area contributed by atoms with E-state index in [-0.39, 0.29) is 48.3 Å². The molecule has 4 aromatic rings. The number of urea groups is 1. The van der Waals surface area contributed by atoms with Crippen molar-refractivity contribution in [3.63, 3.8) is 0 Å². The predicted octanol–water partition coefficient (Wildman–Crippen LogP) is 6.62. The normalized spacial score (nSPS) is 18.7. The molecule has 308 valence electrons. The number of amides is 4. The highest BCUT2D eigenvalue weighted by molar-refractivity contribution is 6.01. The number of fused-ring (bicyclic) bond motifs is 1. The molecule has 16 heteroatoms. The standard InChI is InChI=1S/C42H45F5N6O5/c1-50-22-32(31-20-26(43)4-6-30(31)40(50)56)25-18-35(44)33(37(19-25)58-3)23-52-14-12-28(13-15-52)51(2)41(57)53-16-10-24(11-17-53)29-7-5-27(21-34(29)42(45,46)47)48-36-8-9-38(54)49-39(36)55/h4-7,18-22,24,28,36,48H,8-17,23H2,1-3H3,(H,49,54,55). The number of rotatable bonds is 8. The van der Waals surface area contributed by atoms with Gasteiger partial charge in [0.05, 0.1) is 12.7 Å². The van der Waals surface area contributed by atoms with Crippen LogP contribution in [0.25, 0.3) is 21.9 Å². The number of aryl methyl sites for hydroxylation is 1. The summed E-state index contributed by atoms with van der Waals surface area (Å²) in [6.07, 6.45) is -0.847. The van der Waals surface area contributed by atoms with E-state index in [1.54, 1.807) is 36.2 Å². The number of halogens is 5. The van der Waals surface area contributed by atoms with Crippen LogP contribution < -0.4 is 20.9 Å². The summed E-state index contributed by atoms with van der Waals surface area (Å²) in [5.41, 5.74) is 0.470. The molecule has 0 bridgehead atoms. The number of aromatic nitrogens is 1. The Balaban J connectivity index is 0.954. The van der Waals surface area contributed by atoms with Crippen molar-refractivity contribution in [3.05, 3.63) is 93.4 Å². The topological polar surface area (TPSA) is 116 Å². The van der Waals surface area contributed by atoms with Gasteiger partial charge in [0.15, 0.2) is 0 Å². The molecule has 4 heterocycles. The van der Waals surface area contributed by atoms with Gasteiger partial charge in [0.2, 0.25) is 11.8 Å². The average molecular weight is 809 g/mol. The average Bonchev–Trinajstić information content (AvgIpc) is 3.20. The van der Waals surface area contributed by atoms with Crippen LogP contribution in [-0.4, -0.2) is 89.5 Å². The summed E-state index contributed by atoms with van der Waals surface area (Å²) in [5.74, 6) is -2.12. The van der Waals surface area contributed by atoms with Gasteiger partial charge in [-0.15, -0.1) is 0 Å². The van der Waals surface area contributed by atoms with E-state index in [9.17, 15) is 36.7 Å². The molecule has 0 saturated carbocycles. The molecule has 1 unspecified atom stereocenters. The van der Waals surface area contributed by atoms with E-state index in [2.05, 4.69) is 15.5 Å². The fourth-order valence-electron chi connectivity index (χ4n) is 8.50. The van der Waals surface area contributed by atoms with Gasteiger partial charge in [0.25, 0.3) is 5.56 Å². The van der Waals surface area contributed by atoms with Crippen molar-refractivity contribution in [3.8, 4) is 16.9 Å². The van der Waals surface area contributed by atoms with Crippen LogP contribution in [-0.2, 0) is 29.4 Å². The van der Waals surface area contributed by atoms with E-state index in [4.69, 9.17) is 4.74 Å². The summed E-state index contributed by atoms with van der Waals surface area (Å²) in [7, 11) is 4.77. The number of imide groups is 1. The smallest absolute Gasteiger partial charge is 0.416 e. The Bertz CT molecular complexity index is 2300. The predicted molar refractivity (Wildman–Crippen MR) is 207 cm³/mol. The van der Waals surface area contributed by atoms with E-state index in [0.29, 0.717) is 85.1 Å². The maximum Gasteiger partial charge on any atom is 0.416 e. The molecular formula is C42H45F5N6O5. The van der Waals surface area contributed by atoms with E-state index in [1.165, 1.54) is 48.1 Å². The summed E-state index contributed by atoms with van der Waals surface area (Å²) >= 11 is 0. The van der Waals surface area contributed by atoms with Gasteiger partial charge >= 0.3 is 12.2 Å². The van der Waals surface area contributed by atoms with Gasteiger partial charge in [-0.3, -0.25) is 24.6 Å². The number of alkyl halides is 3. The van der Waals surface area contributed by atoms with Crippen LogP contribution in [0.2, 0.25) is 0 Å². The molecule has 3 fully saturated rings. The number of hydrogen-bond donors (Lipinski definition) is 2. The van der Waals surface area contributed by atoms with Gasteiger partial charge < -0.3 is 24.4 Å². The third-order valence-corrected chi connectivity index (χ3v) is 11.8. The molecule has 3 aliphatic heterocycles. The lowest BCUT2D eigenvalue weighted by Gasteiger charge is -2.41. The van der Waals surface area contributed by atoms with Gasteiger partial charge in [-0.1, -0.05) is 6.07 Å². The van der Waals surface area contributed by atoms with Crippen LogP contribution in [0.5, 0.6) is 5.75 Å². The number of benzene rings is 3. The first-order valence-electron chi connectivity index (χ1n) is 19.3. The Hall–Kier alpha value is -5.51. The minimum atomic E-state index is -4.64. The highest BCUT2D eigenvalue weighted by Gasteiger charge is 2.38. The zero-order valence-electron chi connectivity index (χ0n) is 32.4. The number of nitrogens with zero attached hydrogens (tertiary/aromatic N) is 4. The zero-order chi connectivity index (χ0) is 41.5. The first kappa shape index (κ1) is 40.7. The molecule has 11 nitrogen and oxygen atoms in total. The van der Waals surface area contributed by atoms with Crippen molar-refractivity contribution in [2.75, 3.05) is 45.7 Å². The number of nitrogens with one attached hydrogen (secondary N) is 2. The van der Waals surface area contributed by atoms with E-state index in [0.717, 1.165) is 6.07 Å². The summed E-state index contributed by atoms with van der Waals surface area (Å²) in [4.78, 5) is 55.4. The molecule has 0 spiro atoms. The van der Waals surface area contributed by atoms with Crippen LogP contribution >= 0.6 is 0 Å². The quantitative estimate of drug-likeness (QED) is 0.152. The van der Waals surface area contributed by atoms with Crippen LogP contribution in [0.3, 0.4) is 0 Å². The maximum atomic E-state index is 15.9. The summed E-state index contributed by atoms with van der Waals surface area (Å²) < 4.78 is 80.0. The van der Waals surface area contributed by atoms with E-state index >= 15 is 4.39 Å². The molecule has 3 saturated heterocycles. The molecule has 4 amide bonds. The number of piperidine rings is 3. The van der Waals surface area contributed by atoms with Crippen molar-refractivity contribution in [1.29, 1.82) is 0 Å². The Morgan fingerprint density at radius 1 is 0.931 bits per heavy atom. The summed E-state index contributed by atoms with van der Waals surface area (Å²) in [5, 5.41) is 5.71. The van der Waals surface area contributed by atoms with E-state index in [1.807, 2.05) is 0 Å². The van der Waals surface area contributed by atoms with Crippen LogP contribution in [0.4, 0.5) is 32.4 Å². The molecule has 1 atom stereocenters. The van der Waals surface area contributed by atoms with Crippen molar-refractivity contribution in [2.24, 2.45) is 7.05 Å². The third-order valence-electron chi connectivity index (χ3n) is 11.8. The maximum absolute atomic E-state index is 15.9. The zero-order valence-corrected chi connectivity index (χ0v) is 32.4. The van der Waals surface area contributed by atoms with Gasteiger partial charge in [-0.05, 0) is 97.0 Å². The minimum absolute atomic E-state index is 0.0877. The molecular weight excluding hydrogens is 763 g/mol. The molecule has 2 N–H and O–H groups in total. The van der Waals surface area contributed by atoms with Gasteiger partial charge in [0.1, 0.15) is 23.4 Å². The number of carbonyl (C=O) groups is 3. The largest absolute Gasteiger partial charge is 0.496 e. The lowest BCUT2D eigenvalue weighted by atomic mass is 9.86.